The molecule has 2 heterocycles. The molecule has 0 spiro atoms. The number of benzene rings is 1. The summed E-state index contributed by atoms with van der Waals surface area (Å²) in [6.07, 6.45) is -0.117. The molecule has 2 atom stereocenters. The van der Waals surface area contributed by atoms with Gasteiger partial charge in [-0.2, -0.15) is 0 Å². The van der Waals surface area contributed by atoms with Crippen LogP contribution in [-0.4, -0.2) is 73.1 Å². The highest BCUT2D eigenvalue weighted by Crippen LogP contribution is 2.15. The number of piperazine rings is 1. The maximum absolute atomic E-state index is 12.6. The Morgan fingerprint density at radius 2 is 1.72 bits per heavy atom. The first-order valence-electron chi connectivity index (χ1n) is 8.25. The van der Waals surface area contributed by atoms with E-state index in [1.807, 2.05) is 36.1 Å². The van der Waals surface area contributed by atoms with Crippen LogP contribution in [0.4, 0.5) is 0 Å². The van der Waals surface area contributed by atoms with E-state index >= 15 is 0 Å². The maximum atomic E-state index is 12.6. The van der Waals surface area contributed by atoms with Crippen molar-refractivity contribution in [2.45, 2.75) is 19.1 Å². The summed E-state index contributed by atoms with van der Waals surface area (Å²) in [7, 11) is 0. The average molecular weight is 433 g/mol. The molecule has 138 valence electrons. The molecule has 0 radical (unpaired) electrons. The van der Waals surface area contributed by atoms with E-state index in [0.29, 0.717) is 44.9 Å². The molecule has 8 heteroatoms. The predicted molar refractivity (Wildman–Crippen MR) is 101 cm³/mol. The Hall–Kier alpha value is -1.15. The van der Waals surface area contributed by atoms with Crippen LogP contribution >= 0.6 is 28.3 Å². The van der Waals surface area contributed by atoms with Crippen LogP contribution in [0.25, 0.3) is 0 Å². The minimum absolute atomic E-state index is 0. The van der Waals surface area contributed by atoms with Crippen molar-refractivity contribution in [3.05, 3.63) is 34.3 Å². The smallest absolute Gasteiger partial charge is 0.253 e. The van der Waals surface area contributed by atoms with Crippen molar-refractivity contribution in [2.75, 3.05) is 39.3 Å². The molecular formula is C17H23BrClN3O3. The summed E-state index contributed by atoms with van der Waals surface area (Å²) in [5, 5.41) is 3.23. The molecule has 6 nitrogen and oxygen atoms in total. The molecule has 0 aliphatic carbocycles. The molecule has 2 amide bonds. The molecular weight excluding hydrogens is 410 g/mol. The highest BCUT2D eigenvalue weighted by molar-refractivity contribution is 9.10. The van der Waals surface area contributed by atoms with E-state index in [2.05, 4.69) is 21.2 Å². The Balaban J connectivity index is 0.00000225. The van der Waals surface area contributed by atoms with Crippen LogP contribution in [0.5, 0.6) is 0 Å². The van der Waals surface area contributed by atoms with Crippen LogP contribution in [-0.2, 0) is 9.53 Å². The summed E-state index contributed by atoms with van der Waals surface area (Å²) in [5.74, 6) is 0.0834. The van der Waals surface area contributed by atoms with Crippen LogP contribution in [0, 0.1) is 0 Å². The molecule has 0 bridgehead atoms. The monoisotopic (exact) mass is 431 g/mol. The van der Waals surface area contributed by atoms with Gasteiger partial charge in [0.05, 0.1) is 12.7 Å². The Kier molecular flexibility index (Phi) is 7.25. The summed E-state index contributed by atoms with van der Waals surface area (Å²) in [4.78, 5) is 28.8. The summed E-state index contributed by atoms with van der Waals surface area (Å²) in [5.41, 5.74) is 0.675. The fourth-order valence-electron chi connectivity index (χ4n) is 3.11. The number of hydrogen-bond donors (Lipinski definition) is 1. The molecule has 0 unspecified atom stereocenters. The number of carbonyl (C=O) groups excluding carboxylic acids is 2. The zero-order chi connectivity index (χ0) is 17.1. The van der Waals surface area contributed by atoms with E-state index in [4.69, 9.17) is 4.74 Å². The van der Waals surface area contributed by atoms with Crippen LogP contribution in [0.2, 0.25) is 0 Å². The number of ether oxygens (including phenoxy) is 1. The number of nitrogens with zero attached hydrogens (tertiary/aromatic N) is 2. The first kappa shape index (κ1) is 20.2. The maximum Gasteiger partial charge on any atom is 0.253 e. The Bertz CT molecular complexity index is 606. The van der Waals surface area contributed by atoms with Gasteiger partial charge < -0.3 is 19.9 Å². The van der Waals surface area contributed by atoms with Gasteiger partial charge >= 0.3 is 0 Å². The Morgan fingerprint density at radius 3 is 2.32 bits per heavy atom. The largest absolute Gasteiger partial charge is 0.375 e. The Labute approximate surface area is 162 Å². The van der Waals surface area contributed by atoms with E-state index in [1.54, 1.807) is 4.90 Å². The molecule has 1 aromatic rings. The van der Waals surface area contributed by atoms with E-state index in [9.17, 15) is 9.59 Å². The lowest BCUT2D eigenvalue weighted by Crippen LogP contribution is -2.60. The third-order valence-electron chi connectivity index (χ3n) is 4.55. The second-order valence-corrected chi connectivity index (χ2v) is 7.05. The lowest BCUT2D eigenvalue weighted by Gasteiger charge is -2.38. The fourth-order valence-corrected chi connectivity index (χ4v) is 3.38. The summed E-state index contributed by atoms with van der Waals surface area (Å²) >= 11 is 3.37. The van der Waals surface area contributed by atoms with Gasteiger partial charge in [-0.05, 0) is 31.2 Å². The van der Waals surface area contributed by atoms with Crippen molar-refractivity contribution >= 4 is 40.2 Å². The highest BCUT2D eigenvalue weighted by atomic mass is 79.9. The molecule has 2 aliphatic heterocycles. The summed E-state index contributed by atoms with van der Waals surface area (Å²) in [6.45, 7) is 5.49. The number of nitrogens with one attached hydrogen (secondary N) is 1. The number of amides is 2. The van der Waals surface area contributed by atoms with Crippen LogP contribution in [0.15, 0.2) is 28.7 Å². The van der Waals surface area contributed by atoms with Crippen LogP contribution in [0.1, 0.15) is 17.3 Å². The lowest BCUT2D eigenvalue weighted by molar-refractivity contribution is -0.140. The van der Waals surface area contributed by atoms with Gasteiger partial charge in [0, 0.05) is 42.8 Å². The lowest BCUT2D eigenvalue weighted by atomic mass is 10.1. The number of rotatable bonds is 2. The number of halogens is 2. The van der Waals surface area contributed by atoms with Gasteiger partial charge in [0.2, 0.25) is 5.91 Å². The zero-order valence-corrected chi connectivity index (χ0v) is 16.5. The Morgan fingerprint density at radius 1 is 1.12 bits per heavy atom. The van der Waals surface area contributed by atoms with Crippen molar-refractivity contribution in [2.24, 2.45) is 0 Å². The third kappa shape index (κ3) is 4.73. The fraction of sp³-hybridized carbons (Fsp3) is 0.529. The van der Waals surface area contributed by atoms with E-state index < -0.39 is 0 Å². The molecule has 0 saturated carbocycles. The molecule has 1 aromatic carbocycles. The van der Waals surface area contributed by atoms with Crippen molar-refractivity contribution in [1.82, 2.24) is 15.1 Å². The van der Waals surface area contributed by atoms with Gasteiger partial charge in [-0.15, -0.1) is 12.4 Å². The molecule has 2 saturated heterocycles. The summed E-state index contributed by atoms with van der Waals surface area (Å²) < 4.78 is 6.50. The van der Waals surface area contributed by atoms with Crippen molar-refractivity contribution < 1.29 is 14.3 Å². The second kappa shape index (κ2) is 8.98. The number of morpholine rings is 1. The average Bonchev–Trinajstić information content (AvgIpc) is 2.62. The van der Waals surface area contributed by atoms with E-state index in [-0.39, 0.29) is 36.4 Å². The van der Waals surface area contributed by atoms with Gasteiger partial charge in [0.1, 0.15) is 6.04 Å². The number of carbonyl (C=O) groups is 2. The van der Waals surface area contributed by atoms with Gasteiger partial charge in [-0.3, -0.25) is 9.59 Å². The van der Waals surface area contributed by atoms with Gasteiger partial charge in [0.15, 0.2) is 0 Å². The number of hydrogen-bond acceptors (Lipinski definition) is 4. The van der Waals surface area contributed by atoms with Crippen LogP contribution in [0.3, 0.4) is 0 Å². The molecule has 25 heavy (non-hydrogen) atoms. The summed E-state index contributed by atoms with van der Waals surface area (Å²) in [6, 6.07) is 7.07. The van der Waals surface area contributed by atoms with Gasteiger partial charge in [-0.25, -0.2) is 0 Å². The molecule has 2 fully saturated rings. The minimum atomic E-state index is -0.285. The van der Waals surface area contributed by atoms with E-state index in [1.165, 1.54) is 0 Å². The normalized spacial score (nSPS) is 23.8. The minimum Gasteiger partial charge on any atom is -0.375 e. The quantitative estimate of drug-likeness (QED) is 0.770. The van der Waals surface area contributed by atoms with Crippen LogP contribution < -0.4 is 5.32 Å². The van der Waals surface area contributed by atoms with Crippen molar-refractivity contribution in [3.63, 3.8) is 0 Å². The zero-order valence-electron chi connectivity index (χ0n) is 14.1. The molecule has 3 rings (SSSR count). The first-order valence-corrected chi connectivity index (χ1v) is 9.04. The molecule has 0 aromatic heterocycles. The standard InChI is InChI=1S/C17H22BrN3O3.ClH/c1-12-15(19-6-11-24-12)17(23)21-9-7-20(8-10-21)16(22)13-2-4-14(18)5-3-13;/h2-5,12,15,19H,6-11H2,1H3;1H/t12-,15+;/m1./s1. The SMILES string of the molecule is C[C@H]1OCCN[C@@H]1C(=O)N1CCN(C(=O)c2ccc(Br)cc2)CC1.Cl. The molecule has 1 N–H and O–H groups in total. The topological polar surface area (TPSA) is 61.9 Å². The van der Waals surface area contributed by atoms with Gasteiger partial charge in [0.25, 0.3) is 5.91 Å². The van der Waals surface area contributed by atoms with Crippen molar-refractivity contribution in [3.8, 4) is 0 Å². The molecule has 2 aliphatic rings. The first-order chi connectivity index (χ1) is 11.6. The predicted octanol–water partition coefficient (Wildman–Crippen LogP) is 1.53. The highest BCUT2D eigenvalue weighted by Gasteiger charge is 2.33. The van der Waals surface area contributed by atoms with Gasteiger partial charge in [-0.1, -0.05) is 15.9 Å². The van der Waals surface area contributed by atoms with E-state index in [0.717, 1.165) is 4.47 Å². The van der Waals surface area contributed by atoms with Crippen molar-refractivity contribution in [1.29, 1.82) is 0 Å². The second-order valence-electron chi connectivity index (χ2n) is 6.13. The third-order valence-corrected chi connectivity index (χ3v) is 5.08.